The Morgan fingerprint density at radius 3 is 0.667 bits per heavy atom. The summed E-state index contributed by atoms with van der Waals surface area (Å²) in [5.41, 5.74) is 52.4. The second-order valence-electron chi connectivity index (χ2n) is 16.6. The van der Waals surface area contributed by atoms with Crippen LogP contribution in [0.2, 0.25) is 0 Å². The largest absolute Gasteiger partial charge is 0.399 e. The zero-order chi connectivity index (χ0) is 42.3. The van der Waals surface area contributed by atoms with Gasteiger partial charge < -0.3 is 32.9 Å². The first kappa shape index (κ1) is 38.2. The Kier molecular flexibility index (Phi) is 9.04. The van der Waals surface area contributed by atoms with Crippen LogP contribution in [0.4, 0.5) is 22.7 Å². The quantitative estimate of drug-likeness (QED) is 0.0973. The lowest BCUT2D eigenvalue weighted by molar-refractivity contribution is 1.28. The molecule has 7 aromatic rings. The lowest BCUT2D eigenvalue weighted by Gasteiger charge is -2.15. The van der Waals surface area contributed by atoms with Crippen LogP contribution in [0.5, 0.6) is 0 Å². The van der Waals surface area contributed by atoms with E-state index >= 15 is 0 Å². The third-order valence-electron chi connectivity index (χ3n) is 12.0. The van der Waals surface area contributed by atoms with Crippen LogP contribution in [0.3, 0.4) is 0 Å². The summed E-state index contributed by atoms with van der Waals surface area (Å²) in [5, 5.41) is 0. The van der Waals surface area contributed by atoms with Gasteiger partial charge in [-0.1, -0.05) is 0 Å². The van der Waals surface area contributed by atoms with Crippen molar-refractivity contribution in [3.05, 3.63) is 140 Å². The molecular weight excluding hydrogens is 737 g/mol. The molecule has 0 radical (unpaired) electrons. The smallest absolute Gasteiger partial charge is 0.0737 e. The molecule has 0 saturated carbocycles. The van der Waals surface area contributed by atoms with Gasteiger partial charge in [-0.25, -0.2) is 9.97 Å². The average molecular weight is 787 g/mol. The van der Waals surface area contributed by atoms with E-state index in [-0.39, 0.29) is 0 Å². The molecule has 0 atom stereocenters. The van der Waals surface area contributed by atoms with Gasteiger partial charge in [0.25, 0.3) is 0 Å². The molecule has 2 aliphatic heterocycles. The monoisotopic (exact) mass is 786 g/mol. The van der Waals surface area contributed by atoms with E-state index in [1.165, 1.54) is 0 Å². The van der Waals surface area contributed by atoms with E-state index in [0.717, 1.165) is 157 Å². The molecular formula is C52H50N8. The number of aryl methyl sites for hydroxylation is 8. The maximum Gasteiger partial charge on any atom is 0.0737 e. The maximum atomic E-state index is 6.42. The third-order valence-corrected chi connectivity index (χ3v) is 12.0. The molecule has 60 heavy (non-hydrogen) atoms. The molecule has 4 aromatic carbocycles. The highest BCUT2D eigenvalue weighted by molar-refractivity contribution is 6.02. The Morgan fingerprint density at radius 2 is 0.483 bits per heavy atom. The van der Waals surface area contributed by atoms with Crippen molar-refractivity contribution in [1.29, 1.82) is 0 Å². The number of aromatic nitrogens is 4. The van der Waals surface area contributed by atoms with Gasteiger partial charge in [-0.05, 0) is 219 Å². The Labute approximate surface area is 350 Å². The number of fused-ring (bicyclic) bond motifs is 8. The van der Waals surface area contributed by atoms with Crippen molar-refractivity contribution in [1.82, 2.24) is 19.9 Å². The van der Waals surface area contributed by atoms with E-state index in [1.54, 1.807) is 0 Å². The standard InChI is InChI=1S/C52H50N8/c1-25-17-33(53)18-26(2)45(25)49-37-9-11-39(57-37)50(46-27(3)19-34(54)20-28(46)4)41-13-15-43(59-41)52(48-31(7)23-36(56)24-32(48)8)44-16-14-42(60-44)51(40-12-10-38(49)58-40)47-29(5)21-35(55)22-30(47)6/h9-24,57,60H,53-56H2,1-8H3. The van der Waals surface area contributed by atoms with Gasteiger partial charge in [0, 0.05) is 67.1 Å². The first-order valence-electron chi connectivity index (χ1n) is 20.3. The summed E-state index contributed by atoms with van der Waals surface area (Å²) in [7, 11) is 0. The Hall–Kier alpha value is -7.32. The van der Waals surface area contributed by atoms with Crippen molar-refractivity contribution >= 4 is 69.1 Å². The molecule has 2 aliphatic rings. The van der Waals surface area contributed by atoms with E-state index in [9.17, 15) is 0 Å². The Balaban J connectivity index is 1.54. The van der Waals surface area contributed by atoms with Crippen molar-refractivity contribution in [2.75, 3.05) is 22.9 Å². The van der Waals surface area contributed by atoms with Crippen molar-refractivity contribution in [3.63, 3.8) is 0 Å². The number of H-pyrrole nitrogens is 2. The number of benzene rings is 4. The van der Waals surface area contributed by atoms with Gasteiger partial charge in [0.15, 0.2) is 0 Å². The van der Waals surface area contributed by atoms with Crippen molar-refractivity contribution < 1.29 is 0 Å². The molecule has 10 N–H and O–H groups in total. The van der Waals surface area contributed by atoms with E-state index in [0.29, 0.717) is 0 Å². The minimum atomic E-state index is 0.724. The molecule has 298 valence electrons. The summed E-state index contributed by atoms with van der Waals surface area (Å²) in [6.07, 6.45) is 8.53. The van der Waals surface area contributed by atoms with Gasteiger partial charge in [0.2, 0.25) is 0 Å². The minimum Gasteiger partial charge on any atom is -0.399 e. The van der Waals surface area contributed by atoms with Gasteiger partial charge in [0.05, 0.1) is 22.8 Å². The number of nitrogens with zero attached hydrogens (tertiary/aromatic N) is 2. The van der Waals surface area contributed by atoms with E-state index in [2.05, 4.69) is 114 Å². The summed E-state index contributed by atoms with van der Waals surface area (Å²) < 4.78 is 0. The molecule has 0 spiro atoms. The minimum absolute atomic E-state index is 0.724. The van der Waals surface area contributed by atoms with Gasteiger partial charge in [-0.2, -0.15) is 0 Å². The van der Waals surface area contributed by atoms with Gasteiger partial charge in [-0.15, -0.1) is 0 Å². The van der Waals surface area contributed by atoms with Crippen molar-refractivity contribution in [2.45, 2.75) is 55.4 Å². The molecule has 0 amide bonds. The van der Waals surface area contributed by atoms with Gasteiger partial charge in [-0.3, -0.25) is 0 Å². The number of anilines is 4. The van der Waals surface area contributed by atoms with Crippen LogP contribution >= 0.6 is 0 Å². The number of hydrogen-bond donors (Lipinski definition) is 6. The van der Waals surface area contributed by atoms with E-state index in [1.807, 2.05) is 48.5 Å². The number of nitrogen functional groups attached to an aromatic ring is 4. The number of aromatic amines is 2. The molecule has 0 aliphatic carbocycles. The van der Waals surface area contributed by atoms with Crippen LogP contribution in [0.25, 0.3) is 90.9 Å². The topological polar surface area (TPSA) is 161 Å². The fourth-order valence-corrected chi connectivity index (χ4v) is 9.82. The molecule has 8 heteroatoms. The number of rotatable bonds is 4. The number of nitrogens with one attached hydrogen (secondary N) is 2. The van der Waals surface area contributed by atoms with Crippen LogP contribution in [-0.4, -0.2) is 19.9 Å². The van der Waals surface area contributed by atoms with Crippen LogP contribution in [-0.2, 0) is 0 Å². The van der Waals surface area contributed by atoms with Crippen LogP contribution < -0.4 is 22.9 Å². The second-order valence-corrected chi connectivity index (χ2v) is 16.6. The molecule has 8 nitrogen and oxygen atoms in total. The molecule has 5 heterocycles. The maximum absolute atomic E-state index is 6.42. The molecule has 8 bridgehead atoms. The average Bonchev–Trinajstić information content (AvgIpc) is 3.99. The zero-order valence-electron chi connectivity index (χ0n) is 35.4. The fraction of sp³-hybridized carbons (Fsp3) is 0.154. The summed E-state index contributed by atoms with van der Waals surface area (Å²) in [6, 6.07) is 24.9. The molecule has 0 fully saturated rings. The van der Waals surface area contributed by atoms with Crippen molar-refractivity contribution in [3.8, 4) is 44.5 Å². The SMILES string of the molecule is Cc1cc(N)cc(C)c1-c1c2nc(c(-c3c(C)cc(N)cc3C)c3ccc([nH]3)c(-c3c(C)cc(N)cc3C)c3nc(c(-c4c(C)cc(N)cc4C)c4ccc1[nH]4)C=C3)C=C2. The van der Waals surface area contributed by atoms with E-state index in [4.69, 9.17) is 32.9 Å². The highest BCUT2D eigenvalue weighted by Crippen LogP contribution is 2.43. The van der Waals surface area contributed by atoms with Gasteiger partial charge >= 0.3 is 0 Å². The lowest BCUT2D eigenvalue weighted by atomic mass is 9.93. The van der Waals surface area contributed by atoms with Crippen LogP contribution in [0, 0.1) is 55.4 Å². The fourth-order valence-electron chi connectivity index (χ4n) is 9.82. The molecule has 0 saturated heterocycles. The van der Waals surface area contributed by atoms with E-state index < -0.39 is 0 Å². The third kappa shape index (κ3) is 6.32. The molecule has 3 aromatic heterocycles. The van der Waals surface area contributed by atoms with Crippen LogP contribution in [0.1, 0.15) is 67.3 Å². The normalized spacial score (nSPS) is 12.1. The Bertz CT molecular complexity index is 2710. The van der Waals surface area contributed by atoms with Crippen LogP contribution in [0.15, 0.2) is 72.8 Å². The number of nitrogens with two attached hydrogens (primary N) is 4. The first-order valence-corrected chi connectivity index (χ1v) is 20.3. The first-order chi connectivity index (χ1) is 28.7. The Morgan fingerprint density at radius 1 is 0.300 bits per heavy atom. The molecule has 9 rings (SSSR count). The summed E-state index contributed by atoms with van der Waals surface area (Å²) in [6.45, 7) is 16.9. The van der Waals surface area contributed by atoms with Gasteiger partial charge in [0.1, 0.15) is 0 Å². The summed E-state index contributed by atoms with van der Waals surface area (Å²) in [5.74, 6) is 0. The highest BCUT2D eigenvalue weighted by atomic mass is 14.8. The lowest BCUT2D eigenvalue weighted by Crippen LogP contribution is -1.97. The zero-order valence-corrected chi connectivity index (χ0v) is 35.4. The predicted molar refractivity (Wildman–Crippen MR) is 256 cm³/mol. The predicted octanol–water partition coefficient (Wildman–Crippen LogP) is 12.1. The summed E-state index contributed by atoms with van der Waals surface area (Å²) in [4.78, 5) is 18.9. The highest BCUT2D eigenvalue weighted by Gasteiger charge is 2.23. The second kappa shape index (κ2) is 14.2. The van der Waals surface area contributed by atoms with Crippen molar-refractivity contribution in [2.24, 2.45) is 0 Å². The molecule has 0 unspecified atom stereocenters. The summed E-state index contributed by atoms with van der Waals surface area (Å²) >= 11 is 0. The number of hydrogen-bond acceptors (Lipinski definition) is 6.